The van der Waals surface area contributed by atoms with Crippen LogP contribution in [-0.2, 0) is 21.6 Å². The summed E-state index contributed by atoms with van der Waals surface area (Å²) in [5, 5.41) is 9.45. The molecule has 0 aliphatic carbocycles. The summed E-state index contributed by atoms with van der Waals surface area (Å²) in [7, 11) is -4.88. The van der Waals surface area contributed by atoms with E-state index in [0.717, 1.165) is 22.3 Å². The van der Waals surface area contributed by atoms with Crippen LogP contribution in [0.15, 0.2) is 59.5 Å². The van der Waals surface area contributed by atoms with Crippen LogP contribution in [0.4, 0.5) is 8.68 Å². The van der Waals surface area contributed by atoms with E-state index in [-0.39, 0.29) is 23.2 Å². The van der Waals surface area contributed by atoms with Gasteiger partial charge in [-0.3, -0.25) is 0 Å². The van der Waals surface area contributed by atoms with E-state index >= 15 is 0 Å². The first-order valence-corrected chi connectivity index (χ1v) is 8.50. The van der Waals surface area contributed by atoms with Crippen molar-refractivity contribution in [2.75, 3.05) is 0 Å². The molecule has 1 heterocycles. The summed E-state index contributed by atoms with van der Waals surface area (Å²) < 4.78 is 41.3. The Labute approximate surface area is 142 Å². The first kappa shape index (κ1) is 16.7. The van der Waals surface area contributed by atoms with Crippen molar-refractivity contribution < 1.29 is 21.8 Å². The summed E-state index contributed by atoms with van der Waals surface area (Å²) >= 11 is 0. The molecule has 0 amide bonds. The minimum Gasteiger partial charge on any atom is -0.444 e. The zero-order valence-corrected chi connectivity index (χ0v) is 13.5. The number of carbonyl (C=O) groups is 1. The third-order valence-corrected chi connectivity index (χ3v) is 4.37. The number of carbonyl (C=O) groups excluding carboxylic acids is 1. The molecule has 3 rings (SSSR count). The number of ether oxygens (including phenoxy) is 1. The predicted molar refractivity (Wildman–Crippen MR) is 87.0 cm³/mol. The maximum atomic E-state index is 13.1. The molecule has 0 spiro atoms. The number of nitrogens with zero attached hydrogens (tertiary/aromatic N) is 2. The average molecular weight is 358 g/mol. The van der Waals surface area contributed by atoms with Crippen LogP contribution in [0.25, 0.3) is 10.9 Å². The zero-order chi connectivity index (χ0) is 18.0. The first-order valence-electron chi connectivity index (χ1n) is 7.11. The van der Waals surface area contributed by atoms with E-state index in [0.29, 0.717) is 0 Å². The van der Waals surface area contributed by atoms with Crippen LogP contribution < -0.4 is 0 Å². The molecule has 0 fully saturated rings. The number of hydrogen-bond acceptors (Lipinski definition) is 5. The highest BCUT2D eigenvalue weighted by atomic mass is 32.3. The van der Waals surface area contributed by atoms with E-state index in [9.17, 15) is 22.4 Å². The number of rotatable bonds is 3. The number of nitriles is 1. The highest BCUT2D eigenvalue weighted by Gasteiger charge is 2.19. The molecule has 6 nitrogen and oxygen atoms in total. The van der Waals surface area contributed by atoms with Crippen LogP contribution in [0.2, 0.25) is 0 Å². The Morgan fingerprint density at radius 2 is 1.88 bits per heavy atom. The van der Waals surface area contributed by atoms with Crippen LogP contribution in [-0.4, -0.2) is 19.1 Å². The van der Waals surface area contributed by atoms with Crippen LogP contribution in [0.5, 0.6) is 0 Å². The standard InChI is InChI=1S/C17H11FN2O4S/c18-25(22,23)15-6-7-16-13(9-15)8-14(10-19)20(16)17(21)24-11-12-4-2-1-3-5-12/h1-9H,11H2. The average Bonchev–Trinajstić information content (AvgIpc) is 2.97. The van der Waals surface area contributed by atoms with Crippen molar-refractivity contribution in [1.82, 2.24) is 4.57 Å². The van der Waals surface area contributed by atoms with Crippen molar-refractivity contribution in [3.63, 3.8) is 0 Å². The van der Waals surface area contributed by atoms with Gasteiger partial charge in [-0.05, 0) is 29.8 Å². The maximum Gasteiger partial charge on any atom is 0.419 e. The Bertz CT molecular complexity index is 1100. The van der Waals surface area contributed by atoms with Gasteiger partial charge in [0.1, 0.15) is 18.4 Å². The number of fused-ring (bicyclic) bond motifs is 1. The molecule has 0 aliphatic heterocycles. The van der Waals surface area contributed by atoms with Gasteiger partial charge in [0.2, 0.25) is 0 Å². The molecule has 0 atom stereocenters. The van der Waals surface area contributed by atoms with Gasteiger partial charge < -0.3 is 4.74 Å². The monoisotopic (exact) mass is 358 g/mol. The SMILES string of the molecule is N#Cc1cc2cc(S(=O)(=O)F)ccc2n1C(=O)OCc1ccccc1. The maximum absolute atomic E-state index is 13.1. The van der Waals surface area contributed by atoms with Crippen LogP contribution in [0.1, 0.15) is 11.3 Å². The van der Waals surface area contributed by atoms with Crippen molar-refractivity contribution in [2.45, 2.75) is 11.5 Å². The fraction of sp³-hybridized carbons (Fsp3) is 0.0588. The van der Waals surface area contributed by atoms with Crippen molar-refractivity contribution >= 4 is 27.2 Å². The fourth-order valence-corrected chi connectivity index (χ4v) is 2.91. The van der Waals surface area contributed by atoms with Crippen molar-refractivity contribution in [3.05, 3.63) is 65.9 Å². The molecule has 3 aromatic rings. The van der Waals surface area contributed by atoms with Gasteiger partial charge in [0.15, 0.2) is 0 Å². The summed E-state index contributed by atoms with van der Waals surface area (Å²) in [6.45, 7) is 0.0150. The smallest absolute Gasteiger partial charge is 0.419 e. The van der Waals surface area contributed by atoms with Gasteiger partial charge in [-0.1, -0.05) is 30.3 Å². The second-order valence-electron chi connectivity index (χ2n) is 5.18. The zero-order valence-electron chi connectivity index (χ0n) is 12.7. The number of hydrogen-bond donors (Lipinski definition) is 0. The molecule has 1 aromatic heterocycles. The first-order chi connectivity index (χ1) is 11.9. The molecular formula is C17H11FN2O4S. The van der Waals surface area contributed by atoms with Gasteiger partial charge in [-0.25, -0.2) is 9.36 Å². The highest BCUT2D eigenvalue weighted by Crippen LogP contribution is 2.24. The summed E-state index contributed by atoms with van der Waals surface area (Å²) in [6.07, 6.45) is -0.786. The molecule has 2 aromatic carbocycles. The lowest BCUT2D eigenvalue weighted by molar-refractivity contribution is 0.142. The molecule has 0 radical (unpaired) electrons. The van der Waals surface area contributed by atoms with E-state index in [4.69, 9.17) is 4.74 Å². The molecule has 126 valence electrons. The number of aromatic nitrogens is 1. The molecule has 0 bridgehead atoms. The third-order valence-electron chi connectivity index (χ3n) is 3.56. The quantitative estimate of drug-likeness (QED) is 0.670. The molecule has 0 unspecified atom stereocenters. The van der Waals surface area contributed by atoms with E-state index in [2.05, 4.69) is 0 Å². The van der Waals surface area contributed by atoms with Gasteiger partial charge in [-0.2, -0.15) is 13.7 Å². The van der Waals surface area contributed by atoms with Gasteiger partial charge in [0, 0.05) is 5.39 Å². The van der Waals surface area contributed by atoms with Gasteiger partial charge in [0.25, 0.3) is 0 Å². The van der Waals surface area contributed by atoms with E-state index in [1.54, 1.807) is 24.3 Å². The minimum atomic E-state index is -4.88. The second kappa shape index (κ2) is 6.37. The molecule has 0 saturated heterocycles. The Morgan fingerprint density at radius 1 is 1.16 bits per heavy atom. The van der Waals surface area contributed by atoms with Gasteiger partial charge in [-0.15, -0.1) is 3.89 Å². The summed E-state index contributed by atoms with van der Waals surface area (Å²) in [6, 6.07) is 15.5. The fourth-order valence-electron chi connectivity index (χ4n) is 2.41. The predicted octanol–water partition coefficient (Wildman–Crippen LogP) is 3.36. The highest BCUT2D eigenvalue weighted by molar-refractivity contribution is 7.86. The molecule has 0 saturated carbocycles. The van der Waals surface area contributed by atoms with Gasteiger partial charge in [0.05, 0.1) is 10.4 Å². The van der Waals surface area contributed by atoms with Crippen LogP contribution >= 0.6 is 0 Å². The molecule has 0 aliphatic rings. The Balaban J connectivity index is 1.97. The summed E-state index contributed by atoms with van der Waals surface area (Å²) in [5.41, 5.74) is 0.986. The Morgan fingerprint density at radius 3 is 2.52 bits per heavy atom. The van der Waals surface area contributed by atoms with Crippen LogP contribution in [0.3, 0.4) is 0 Å². The Kier molecular flexibility index (Phi) is 4.25. The third kappa shape index (κ3) is 3.36. The second-order valence-corrected chi connectivity index (χ2v) is 6.52. The van der Waals surface area contributed by atoms with Crippen molar-refractivity contribution in [1.29, 1.82) is 5.26 Å². The lowest BCUT2D eigenvalue weighted by Gasteiger charge is -2.08. The lowest BCUT2D eigenvalue weighted by Crippen LogP contribution is -2.15. The summed E-state index contributed by atoms with van der Waals surface area (Å²) in [4.78, 5) is 11.8. The minimum absolute atomic E-state index is 0.0150. The molecular weight excluding hydrogens is 347 g/mol. The molecule has 0 N–H and O–H groups in total. The van der Waals surface area contributed by atoms with E-state index in [1.165, 1.54) is 12.1 Å². The van der Waals surface area contributed by atoms with Crippen LogP contribution in [0, 0.1) is 11.3 Å². The lowest BCUT2D eigenvalue weighted by atomic mass is 10.2. The van der Waals surface area contributed by atoms with Crippen molar-refractivity contribution in [3.8, 4) is 6.07 Å². The molecule has 8 heteroatoms. The normalized spacial score (nSPS) is 11.2. The molecule has 25 heavy (non-hydrogen) atoms. The van der Waals surface area contributed by atoms with E-state index < -0.39 is 21.2 Å². The Hall–Kier alpha value is -3.18. The van der Waals surface area contributed by atoms with E-state index in [1.807, 2.05) is 12.1 Å². The topological polar surface area (TPSA) is 89.2 Å². The van der Waals surface area contributed by atoms with Gasteiger partial charge >= 0.3 is 16.3 Å². The number of benzene rings is 2. The number of halogens is 1. The summed E-state index contributed by atoms with van der Waals surface area (Å²) in [5.74, 6) is 0. The largest absolute Gasteiger partial charge is 0.444 e. The van der Waals surface area contributed by atoms with Crippen molar-refractivity contribution in [2.24, 2.45) is 0 Å².